The average molecular weight is 316 g/mol. The lowest BCUT2D eigenvalue weighted by molar-refractivity contribution is -0.140. The topological polar surface area (TPSA) is 55.4 Å². The Balaban J connectivity index is 4.87. The van der Waals surface area contributed by atoms with Gasteiger partial charge in [-0.3, -0.25) is 9.59 Å². The summed E-state index contributed by atoms with van der Waals surface area (Å²) in [7, 11) is 1.28. The zero-order valence-corrected chi connectivity index (χ0v) is 12.6. The van der Waals surface area contributed by atoms with Gasteiger partial charge < -0.3 is 10.1 Å². The lowest BCUT2D eigenvalue weighted by atomic mass is 10.1. The minimum Gasteiger partial charge on any atom is -0.468 e. The van der Waals surface area contributed by atoms with Gasteiger partial charge in [0.15, 0.2) is 0 Å². The third kappa shape index (κ3) is 6.39. The van der Waals surface area contributed by atoms with Crippen molar-refractivity contribution in [3.63, 3.8) is 0 Å². The first-order chi connectivity index (χ1) is 8.42. The molecule has 0 spiro atoms. The van der Waals surface area contributed by atoms with Crippen LogP contribution in [0.5, 0.6) is 0 Å². The summed E-state index contributed by atoms with van der Waals surface area (Å²) in [6.07, 6.45) is 5.20. The molecule has 0 heterocycles. The largest absolute Gasteiger partial charge is 0.468 e. The van der Waals surface area contributed by atoms with Gasteiger partial charge in [-0.05, 0) is 36.9 Å². The maximum atomic E-state index is 11.8. The van der Waals surface area contributed by atoms with Crippen LogP contribution < -0.4 is 5.32 Å². The highest BCUT2D eigenvalue weighted by atomic mass is 79.9. The molecular weight excluding hydrogens is 298 g/mol. The fraction of sp³-hybridized carbons (Fsp3) is 0.385. The fourth-order valence-corrected chi connectivity index (χ4v) is 1.14. The first-order valence-corrected chi connectivity index (χ1v) is 6.24. The molecule has 4 nitrogen and oxygen atoms in total. The van der Waals surface area contributed by atoms with Crippen molar-refractivity contribution in [2.24, 2.45) is 0 Å². The molecule has 5 heteroatoms. The molecule has 0 aromatic rings. The van der Waals surface area contributed by atoms with E-state index in [0.717, 1.165) is 10.1 Å². The standard InChI is InChI=1S/C13H18BrNO3/c1-5-6-11(7-9(2)10(3)14)13(17)15-8-12(16)18-4/h5-7H,8H2,1-4H3,(H,15,17)/b6-5+,10-9+,11-7+. The molecule has 1 N–H and O–H groups in total. The van der Waals surface area contributed by atoms with Gasteiger partial charge in [0, 0.05) is 5.57 Å². The van der Waals surface area contributed by atoms with Gasteiger partial charge in [0.1, 0.15) is 6.54 Å². The molecule has 0 aromatic carbocycles. The summed E-state index contributed by atoms with van der Waals surface area (Å²) < 4.78 is 5.40. The average Bonchev–Trinajstić information content (AvgIpc) is 2.34. The van der Waals surface area contributed by atoms with Crippen LogP contribution in [0.4, 0.5) is 0 Å². The van der Waals surface area contributed by atoms with Gasteiger partial charge >= 0.3 is 5.97 Å². The molecule has 0 bridgehead atoms. The zero-order chi connectivity index (χ0) is 14.1. The first-order valence-electron chi connectivity index (χ1n) is 5.44. The monoisotopic (exact) mass is 315 g/mol. The second-order valence-electron chi connectivity index (χ2n) is 3.57. The lowest BCUT2D eigenvalue weighted by Crippen LogP contribution is -2.30. The van der Waals surface area contributed by atoms with E-state index in [9.17, 15) is 9.59 Å². The first kappa shape index (κ1) is 16.6. The van der Waals surface area contributed by atoms with Gasteiger partial charge in [-0.1, -0.05) is 28.1 Å². The Hall–Kier alpha value is -1.36. The molecule has 0 atom stereocenters. The highest BCUT2D eigenvalue weighted by Crippen LogP contribution is 2.14. The Morgan fingerprint density at radius 1 is 1.33 bits per heavy atom. The van der Waals surface area contributed by atoms with Crippen molar-refractivity contribution in [2.45, 2.75) is 20.8 Å². The van der Waals surface area contributed by atoms with E-state index in [0.29, 0.717) is 5.57 Å². The Labute approximate surface area is 116 Å². The van der Waals surface area contributed by atoms with Crippen LogP contribution in [0.25, 0.3) is 0 Å². The van der Waals surface area contributed by atoms with Crippen molar-refractivity contribution >= 4 is 27.8 Å². The van der Waals surface area contributed by atoms with Crippen LogP contribution >= 0.6 is 15.9 Å². The van der Waals surface area contributed by atoms with Gasteiger partial charge in [-0.25, -0.2) is 0 Å². The predicted molar refractivity (Wildman–Crippen MR) is 75.2 cm³/mol. The summed E-state index contributed by atoms with van der Waals surface area (Å²) in [5.74, 6) is -0.793. The predicted octanol–water partition coefficient (Wildman–Crippen LogP) is 2.47. The molecule has 0 saturated heterocycles. The number of allylic oxidation sites excluding steroid dienone is 4. The maximum Gasteiger partial charge on any atom is 0.325 e. The van der Waals surface area contributed by atoms with E-state index < -0.39 is 5.97 Å². The van der Waals surface area contributed by atoms with Crippen molar-refractivity contribution in [2.75, 3.05) is 13.7 Å². The molecule has 0 radical (unpaired) electrons. The number of carbonyl (C=O) groups excluding carboxylic acids is 2. The minimum absolute atomic E-state index is 0.139. The molecule has 0 aliphatic rings. The molecule has 0 rings (SSSR count). The highest BCUT2D eigenvalue weighted by Gasteiger charge is 2.08. The summed E-state index contributed by atoms with van der Waals surface area (Å²) in [4.78, 5) is 22.8. The van der Waals surface area contributed by atoms with Crippen LogP contribution in [0.3, 0.4) is 0 Å². The van der Waals surface area contributed by atoms with Gasteiger partial charge in [0.25, 0.3) is 5.91 Å². The number of carbonyl (C=O) groups is 2. The number of esters is 1. The van der Waals surface area contributed by atoms with E-state index in [1.54, 1.807) is 18.2 Å². The van der Waals surface area contributed by atoms with Crippen LogP contribution in [0.2, 0.25) is 0 Å². The number of methoxy groups -OCH3 is 1. The lowest BCUT2D eigenvalue weighted by Gasteiger charge is -2.05. The molecule has 100 valence electrons. The summed E-state index contributed by atoms with van der Waals surface area (Å²) >= 11 is 3.35. The van der Waals surface area contributed by atoms with Gasteiger partial charge in [0.05, 0.1) is 7.11 Å². The number of amides is 1. The van der Waals surface area contributed by atoms with E-state index in [2.05, 4.69) is 26.0 Å². The Morgan fingerprint density at radius 2 is 1.94 bits per heavy atom. The third-order valence-electron chi connectivity index (χ3n) is 2.14. The van der Waals surface area contributed by atoms with E-state index in [4.69, 9.17) is 0 Å². The summed E-state index contributed by atoms with van der Waals surface area (Å²) in [6, 6.07) is 0. The van der Waals surface area contributed by atoms with Crippen LogP contribution in [0.1, 0.15) is 20.8 Å². The zero-order valence-electron chi connectivity index (χ0n) is 11.0. The number of halogens is 1. The molecule has 18 heavy (non-hydrogen) atoms. The normalized spacial score (nSPS) is 13.3. The molecule has 0 unspecified atom stereocenters. The van der Waals surface area contributed by atoms with Crippen LogP contribution in [0.15, 0.2) is 33.9 Å². The molecule has 0 fully saturated rings. The third-order valence-corrected chi connectivity index (χ3v) is 2.77. The van der Waals surface area contributed by atoms with E-state index >= 15 is 0 Å². The minimum atomic E-state index is -0.480. The van der Waals surface area contributed by atoms with Crippen molar-refractivity contribution < 1.29 is 14.3 Å². The number of hydrogen-bond donors (Lipinski definition) is 1. The molecule has 0 aliphatic heterocycles. The number of rotatable bonds is 5. The number of hydrogen-bond acceptors (Lipinski definition) is 3. The van der Waals surface area contributed by atoms with Crippen molar-refractivity contribution in [1.82, 2.24) is 5.32 Å². The van der Waals surface area contributed by atoms with E-state index in [1.165, 1.54) is 7.11 Å². The van der Waals surface area contributed by atoms with Gasteiger partial charge in [-0.15, -0.1) is 0 Å². The van der Waals surface area contributed by atoms with Crippen LogP contribution in [-0.2, 0) is 14.3 Å². The fourth-order valence-electron chi connectivity index (χ4n) is 1.03. The summed E-state index contributed by atoms with van der Waals surface area (Å²) in [5.41, 5.74) is 1.43. The second-order valence-corrected chi connectivity index (χ2v) is 4.76. The Kier molecular flexibility index (Phi) is 8.03. The van der Waals surface area contributed by atoms with Gasteiger partial charge in [0.2, 0.25) is 0 Å². The van der Waals surface area contributed by atoms with Crippen molar-refractivity contribution in [3.8, 4) is 0 Å². The number of nitrogens with one attached hydrogen (secondary N) is 1. The summed E-state index contributed by atoms with van der Waals surface area (Å²) in [6.45, 7) is 5.47. The van der Waals surface area contributed by atoms with Crippen molar-refractivity contribution in [1.29, 1.82) is 0 Å². The Bertz CT molecular complexity index is 404. The van der Waals surface area contributed by atoms with E-state index in [-0.39, 0.29) is 12.5 Å². The molecular formula is C13H18BrNO3. The molecule has 0 aliphatic carbocycles. The highest BCUT2D eigenvalue weighted by molar-refractivity contribution is 9.11. The van der Waals surface area contributed by atoms with Crippen LogP contribution in [-0.4, -0.2) is 25.5 Å². The Morgan fingerprint density at radius 3 is 2.39 bits per heavy atom. The molecule has 0 aromatic heterocycles. The van der Waals surface area contributed by atoms with Crippen molar-refractivity contribution in [3.05, 3.63) is 33.9 Å². The number of ether oxygens (including phenoxy) is 1. The molecule has 1 amide bonds. The van der Waals surface area contributed by atoms with E-state index in [1.807, 2.05) is 20.8 Å². The smallest absolute Gasteiger partial charge is 0.325 e. The van der Waals surface area contributed by atoms with Crippen LogP contribution in [0, 0.1) is 0 Å². The molecule has 0 saturated carbocycles. The SMILES string of the molecule is C/C=C/C(=C\C(C)=C(/C)Br)C(=O)NCC(=O)OC. The second kappa shape index (κ2) is 8.69. The quantitative estimate of drug-likeness (QED) is 0.481. The summed E-state index contributed by atoms with van der Waals surface area (Å²) in [5, 5.41) is 2.49. The maximum absolute atomic E-state index is 11.8. The van der Waals surface area contributed by atoms with Gasteiger partial charge in [-0.2, -0.15) is 0 Å².